The molecule has 6 heteroatoms. The first-order chi connectivity index (χ1) is 12.7. The molecule has 138 valence electrons. The second-order valence-corrected chi connectivity index (χ2v) is 8.00. The number of ether oxygens (including phenoxy) is 1. The molecule has 2 saturated heterocycles. The molecule has 6 nitrogen and oxygen atoms in total. The fourth-order valence-electron chi connectivity index (χ4n) is 5.12. The summed E-state index contributed by atoms with van der Waals surface area (Å²) in [5.74, 6) is 0.614. The molecule has 4 rings (SSSR count). The maximum absolute atomic E-state index is 12.1. The summed E-state index contributed by atoms with van der Waals surface area (Å²) in [5.41, 5.74) is 1.57. The molecule has 1 aliphatic carbocycles. The Morgan fingerprint density at radius 1 is 1.40 bits per heavy atom. The predicted octanol–water partition coefficient (Wildman–Crippen LogP) is 2.61. The molecule has 0 bridgehead atoms. The van der Waals surface area contributed by atoms with Crippen molar-refractivity contribution in [2.24, 2.45) is 12.5 Å². The van der Waals surface area contributed by atoms with Crippen LogP contribution in [0, 0.1) is 5.41 Å². The number of carbonyl (C=O) groups excluding carboxylic acids is 1. The van der Waals surface area contributed by atoms with Gasteiger partial charge < -0.3 is 14.5 Å². The maximum Gasteiger partial charge on any atom is 0.409 e. The minimum absolute atomic E-state index is 0.225. The summed E-state index contributed by atoms with van der Waals surface area (Å²) in [6.45, 7) is 3.03. The second-order valence-electron chi connectivity index (χ2n) is 8.00. The number of rotatable bonds is 3. The molecule has 25 heavy (non-hydrogen) atoms. The third kappa shape index (κ3) is 3.16. The minimum Gasteiger partial charge on any atom is -0.450 e. The average molecular weight is 348 g/mol. The number of carbonyl (C=O) groups is 1. The Balaban J connectivity index is 1.25. The van der Waals surface area contributed by atoms with Gasteiger partial charge in [0.2, 0.25) is 0 Å². The van der Waals surface area contributed by atoms with Crippen LogP contribution in [0.2, 0.25) is 0 Å². The largest absolute Gasteiger partial charge is 0.450 e. The smallest absolute Gasteiger partial charge is 0.409 e. The van der Waals surface area contributed by atoms with Crippen molar-refractivity contribution in [2.75, 3.05) is 32.7 Å². The van der Waals surface area contributed by atoms with Gasteiger partial charge in [0.15, 0.2) is 0 Å². The Morgan fingerprint density at radius 3 is 2.80 bits per heavy atom. The molecule has 0 atom stereocenters. The van der Waals surface area contributed by atoms with Crippen molar-refractivity contribution in [1.29, 1.82) is 0 Å². The van der Waals surface area contributed by atoms with E-state index in [1.807, 2.05) is 17.9 Å². The Kier molecular flexibility index (Phi) is 3.87. The van der Waals surface area contributed by atoms with Crippen molar-refractivity contribution in [2.45, 2.75) is 51.0 Å². The zero-order chi connectivity index (χ0) is 19.2. The Hall–Kier alpha value is -1.56. The summed E-state index contributed by atoms with van der Waals surface area (Å²) in [4.78, 5) is 16.4. The number of aromatic nitrogens is 2. The number of amides is 1. The third-order valence-electron chi connectivity index (χ3n) is 6.55. The first-order valence-corrected chi connectivity index (χ1v) is 9.45. The molecule has 3 heterocycles. The van der Waals surface area contributed by atoms with Crippen LogP contribution in [0.15, 0.2) is 12.3 Å². The lowest BCUT2D eigenvalue weighted by Crippen LogP contribution is -2.54. The van der Waals surface area contributed by atoms with Crippen LogP contribution in [-0.2, 0) is 11.8 Å². The summed E-state index contributed by atoms with van der Waals surface area (Å²) in [6, 6.07) is 2.77. The molecule has 0 N–H and O–H groups in total. The van der Waals surface area contributed by atoms with Crippen LogP contribution in [0.25, 0.3) is 0 Å². The molecule has 1 aromatic heterocycles. The molecule has 1 amide bonds. The number of likely N-dealkylation sites (tertiary alicyclic amines) is 2. The second kappa shape index (κ2) is 6.63. The summed E-state index contributed by atoms with van der Waals surface area (Å²) >= 11 is 0. The van der Waals surface area contributed by atoms with E-state index in [2.05, 4.69) is 16.1 Å². The number of hydrogen-bond donors (Lipinski definition) is 0. The van der Waals surface area contributed by atoms with Gasteiger partial charge in [-0.2, -0.15) is 5.10 Å². The molecule has 0 radical (unpaired) electrons. The summed E-state index contributed by atoms with van der Waals surface area (Å²) in [5, 5.41) is 4.30. The van der Waals surface area contributed by atoms with Gasteiger partial charge in [-0.05, 0) is 63.6 Å². The zero-order valence-electron chi connectivity index (χ0n) is 17.3. The molecule has 0 unspecified atom stereocenters. The fraction of sp³-hybridized carbons (Fsp3) is 0.789. The monoisotopic (exact) mass is 348 g/mol. The fourth-order valence-corrected chi connectivity index (χ4v) is 5.12. The van der Waals surface area contributed by atoms with Crippen LogP contribution in [0.5, 0.6) is 0 Å². The number of hydrogen-bond acceptors (Lipinski definition) is 4. The van der Waals surface area contributed by atoms with Gasteiger partial charge in [-0.25, -0.2) is 4.79 Å². The van der Waals surface area contributed by atoms with Crippen molar-refractivity contribution in [1.82, 2.24) is 19.6 Å². The third-order valence-corrected chi connectivity index (χ3v) is 6.55. The van der Waals surface area contributed by atoms with Crippen molar-refractivity contribution in [3.05, 3.63) is 18.0 Å². The first-order valence-electron chi connectivity index (χ1n) is 10.4. The quantitative estimate of drug-likeness (QED) is 0.842. The van der Waals surface area contributed by atoms with Gasteiger partial charge >= 0.3 is 6.09 Å². The van der Waals surface area contributed by atoms with Gasteiger partial charge in [-0.1, -0.05) is 0 Å². The highest BCUT2D eigenvalue weighted by Crippen LogP contribution is 2.51. The predicted molar refractivity (Wildman–Crippen MR) is 95.4 cm³/mol. The summed E-state index contributed by atoms with van der Waals surface area (Å²) in [7, 11) is 2.03. The van der Waals surface area contributed by atoms with Gasteiger partial charge in [0.25, 0.3) is 0 Å². The van der Waals surface area contributed by atoms with Gasteiger partial charge in [-0.3, -0.25) is 4.68 Å². The Bertz CT molecular complexity index is 688. The van der Waals surface area contributed by atoms with E-state index < -0.39 is 12.7 Å². The van der Waals surface area contributed by atoms with E-state index in [4.69, 9.17) is 7.48 Å². The van der Waals surface area contributed by atoms with Gasteiger partial charge in [0.05, 0.1) is 9.30 Å². The lowest BCUT2D eigenvalue weighted by Gasteiger charge is -2.51. The lowest BCUT2D eigenvalue weighted by atomic mass is 9.64. The van der Waals surface area contributed by atoms with E-state index in [9.17, 15) is 4.79 Å². The number of piperidine rings is 1. The summed E-state index contributed by atoms with van der Waals surface area (Å²) in [6.07, 6.45) is 7.05. The SMILES string of the molecule is [2H]C([2H])(C)OC(=O)N1CCC2(CC(N3CCC(c4ccnn4C)CC3)C2)C1. The van der Waals surface area contributed by atoms with E-state index in [-0.39, 0.29) is 5.41 Å². The average Bonchev–Trinajstić information content (AvgIpc) is 3.19. The van der Waals surface area contributed by atoms with Crippen LogP contribution >= 0.6 is 0 Å². The molecule has 3 aliphatic rings. The first kappa shape index (κ1) is 14.6. The lowest BCUT2D eigenvalue weighted by molar-refractivity contribution is -0.00503. The number of aryl methyl sites for hydroxylation is 1. The highest BCUT2D eigenvalue weighted by Gasteiger charge is 2.51. The van der Waals surface area contributed by atoms with E-state index in [0.717, 1.165) is 32.4 Å². The summed E-state index contributed by atoms with van der Waals surface area (Å²) < 4.78 is 21.7. The van der Waals surface area contributed by atoms with Crippen molar-refractivity contribution >= 4 is 6.09 Å². The van der Waals surface area contributed by atoms with Gasteiger partial charge in [0, 0.05) is 44.0 Å². The van der Waals surface area contributed by atoms with Crippen LogP contribution in [0.4, 0.5) is 4.79 Å². The van der Waals surface area contributed by atoms with Gasteiger partial charge in [0.1, 0.15) is 0 Å². The highest BCUT2D eigenvalue weighted by atomic mass is 16.6. The highest BCUT2D eigenvalue weighted by molar-refractivity contribution is 5.68. The Morgan fingerprint density at radius 2 is 2.16 bits per heavy atom. The van der Waals surface area contributed by atoms with E-state index in [1.54, 1.807) is 4.90 Å². The van der Waals surface area contributed by atoms with Crippen LogP contribution in [0.1, 0.15) is 53.4 Å². The molecule has 1 aromatic rings. The van der Waals surface area contributed by atoms with Crippen molar-refractivity contribution in [3.8, 4) is 0 Å². The number of nitrogens with zero attached hydrogens (tertiary/aromatic N) is 4. The molecule has 0 aromatic carbocycles. The van der Waals surface area contributed by atoms with E-state index in [1.165, 1.54) is 25.5 Å². The zero-order valence-corrected chi connectivity index (χ0v) is 15.3. The topological polar surface area (TPSA) is 50.6 Å². The molecule has 3 fully saturated rings. The molecule has 1 spiro atoms. The normalized spacial score (nSPS) is 32.4. The van der Waals surface area contributed by atoms with Crippen LogP contribution in [0.3, 0.4) is 0 Å². The standard InChI is InChI=1S/C19H30N4O2/c1-3-25-18(24)23-11-7-19(14-23)12-16(13-19)22-9-5-15(6-10-22)17-4-8-20-21(17)2/h4,8,15-16H,3,5-7,9-14H2,1-2H3/i3D2. The minimum atomic E-state index is -1.91. The van der Waals surface area contributed by atoms with Crippen LogP contribution < -0.4 is 0 Å². The van der Waals surface area contributed by atoms with E-state index >= 15 is 0 Å². The molecular weight excluding hydrogens is 316 g/mol. The molecule has 2 aliphatic heterocycles. The van der Waals surface area contributed by atoms with Crippen molar-refractivity contribution < 1.29 is 12.3 Å². The van der Waals surface area contributed by atoms with E-state index in [0.29, 0.717) is 25.0 Å². The maximum atomic E-state index is 12.1. The van der Waals surface area contributed by atoms with Crippen molar-refractivity contribution in [3.63, 3.8) is 0 Å². The van der Waals surface area contributed by atoms with Gasteiger partial charge in [-0.15, -0.1) is 0 Å². The molecular formula is C19H30N4O2. The molecule has 1 saturated carbocycles. The van der Waals surface area contributed by atoms with Crippen LogP contribution in [-0.4, -0.2) is 64.5 Å². The Labute approximate surface area is 152 Å².